The third kappa shape index (κ3) is 2.52. The van der Waals surface area contributed by atoms with Gasteiger partial charge in [0.15, 0.2) is 0 Å². The van der Waals surface area contributed by atoms with Crippen molar-refractivity contribution in [1.82, 2.24) is 4.89 Å². The van der Waals surface area contributed by atoms with E-state index in [0.29, 0.717) is 0 Å². The third-order valence-corrected chi connectivity index (χ3v) is 1.92. The number of hydrogen-bond acceptors (Lipinski definition) is 3. The Morgan fingerprint density at radius 1 is 1.50 bits per heavy atom. The summed E-state index contributed by atoms with van der Waals surface area (Å²) in [5.41, 5.74) is 0. The maximum absolute atomic E-state index is 10.6. The minimum atomic E-state index is -1.34. The van der Waals surface area contributed by atoms with Crippen LogP contribution in [0.15, 0.2) is 0 Å². The largest absolute Gasteiger partial charge is 0.596 e. The highest BCUT2D eigenvalue weighted by molar-refractivity contribution is 7.90. The third-order valence-electron chi connectivity index (χ3n) is 0.639. The maximum atomic E-state index is 10.6. The van der Waals surface area contributed by atoms with Gasteiger partial charge in [-0.2, -0.15) is 0 Å². The van der Waals surface area contributed by atoms with Crippen LogP contribution in [0.4, 0.5) is 0 Å². The summed E-state index contributed by atoms with van der Waals surface area (Å²) in [5.74, 6) is 0. The van der Waals surface area contributed by atoms with E-state index in [1.807, 2.05) is 0 Å². The molecule has 8 heavy (non-hydrogen) atoms. The molecule has 0 saturated heterocycles. The second-order valence-corrected chi connectivity index (χ2v) is 4.42. The van der Waals surface area contributed by atoms with Gasteiger partial charge in [0.05, 0.1) is 11.4 Å². The van der Waals surface area contributed by atoms with E-state index in [-0.39, 0.29) is 4.75 Å². The van der Waals surface area contributed by atoms with Crippen LogP contribution in [0.3, 0.4) is 0 Å². The van der Waals surface area contributed by atoms with Crippen molar-refractivity contribution >= 4 is 11.4 Å². The summed E-state index contributed by atoms with van der Waals surface area (Å²) < 4.78 is 10.2. The molecule has 0 heterocycles. The van der Waals surface area contributed by atoms with E-state index >= 15 is 0 Å². The summed E-state index contributed by atoms with van der Waals surface area (Å²) in [6.07, 6.45) is 0. The Hall–Kier alpha value is 0.230. The van der Waals surface area contributed by atoms with Gasteiger partial charge in [-0.1, -0.05) is 0 Å². The summed E-state index contributed by atoms with van der Waals surface area (Å²) in [6, 6.07) is 0. The van der Waals surface area contributed by atoms with Crippen LogP contribution in [0.1, 0.15) is 20.8 Å². The van der Waals surface area contributed by atoms with Crippen LogP contribution in [-0.4, -0.2) is 14.5 Å². The Bertz CT molecular complexity index is 70.9. The molecule has 0 aromatic carbocycles. The van der Waals surface area contributed by atoms with E-state index in [9.17, 15) is 4.55 Å². The van der Waals surface area contributed by atoms with Gasteiger partial charge in [0.25, 0.3) is 0 Å². The van der Waals surface area contributed by atoms with Gasteiger partial charge in [-0.25, -0.2) is 0 Å². The lowest BCUT2D eigenvalue weighted by molar-refractivity contribution is 0.238. The minimum Gasteiger partial charge on any atom is -0.596 e. The Balaban J connectivity index is 3.62. The van der Waals surface area contributed by atoms with Crippen molar-refractivity contribution in [2.45, 2.75) is 25.5 Å². The second kappa shape index (κ2) is 2.68. The number of rotatable bonds is 1. The molecule has 0 aromatic heterocycles. The molecule has 0 saturated carbocycles. The molecule has 0 amide bonds. The highest BCUT2D eigenvalue weighted by Gasteiger charge is 2.25. The Morgan fingerprint density at radius 2 is 1.88 bits per heavy atom. The molecule has 1 atom stereocenters. The first-order chi connectivity index (χ1) is 3.48. The normalized spacial score (nSPS) is 16.1. The van der Waals surface area contributed by atoms with Crippen molar-refractivity contribution in [1.29, 1.82) is 0 Å². The first kappa shape index (κ1) is 8.23. The van der Waals surface area contributed by atoms with Gasteiger partial charge < -0.3 is 4.55 Å². The summed E-state index contributed by atoms with van der Waals surface area (Å²) in [7, 11) is 0. The van der Waals surface area contributed by atoms with Crippen molar-refractivity contribution in [3.63, 3.8) is 0 Å². The fourth-order valence-electron chi connectivity index (χ4n) is 0.137. The van der Waals surface area contributed by atoms with Crippen molar-refractivity contribution in [3.05, 3.63) is 0 Å². The van der Waals surface area contributed by atoms with Gasteiger partial charge in [-0.05, 0) is 25.7 Å². The average Bonchev–Trinajstić information content (AvgIpc) is 1.62. The fourth-order valence-corrected chi connectivity index (χ4v) is 0.411. The lowest BCUT2D eigenvalue weighted by atomic mass is 10.3. The summed E-state index contributed by atoms with van der Waals surface area (Å²) in [5, 5.41) is 8.12. The molecule has 0 aromatic rings. The molecule has 0 rings (SSSR count). The molecule has 50 valence electrons. The zero-order valence-electron chi connectivity index (χ0n) is 5.26. The second-order valence-electron chi connectivity index (χ2n) is 2.47. The van der Waals surface area contributed by atoms with Crippen molar-refractivity contribution < 1.29 is 9.76 Å². The zero-order valence-corrected chi connectivity index (χ0v) is 6.08. The molecule has 0 spiro atoms. The highest BCUT2D eigenvalue weighted by Crippen LogP contribution is 2.11. The summed E-state index contributed by atoms with van der Waals surface area (Å²) >= 11 is -1.34. The molecule has 2 N–H and O–H groups in total. The van der Waals surface area contributed by atoms with Crippen LogP contribution in [-0.2, 0) is 11.4 Å². The quantitative estimate of drug-likeness (QED) is 0.407. The molecule has 0 aliphatic rings. The molecule has 0 fully saturated rings. The topological polar surface area (TPSA) is 55.3 Å². The predicted molar refractivity (Wildman–Crippen MR) is 32.8 cm³/mol. The maximum Gasteiger partial charge on any atom is 0.139 e. The fraction of sp³-hybridized carbons (Fsp3) is 1.00. The minimum absolute atomic E-state index is 0.380. The molecular weight excluding hydrogens is 126 g/mol. The van der Waals surface area contributed by atoms with Crippen molar-refractivity contribution in [3.8, 4) is 0 Å². The van der Waals surface area contributed by atoms with Gasteiger partial charge in [0, 0.05) is 0 Å². The number of nitrogens with one attached hydrogen (secondary N) is 1. The summed E-state index contributed by atoms with van der Waals surface area (Å²) in [6.45, 7) is 5.31. The monoisotopic (exact) mass is 137 g/mol. The van der Waals surface area contributed by atoms with Crippen LogP contribution in [0.5, 0.6) is 0 Å². The van der Waals surface area contributed by atoms with Crippen LogP contribution in [0.2, 0.25) is 0 Å². The van der Waals surface area contributed by atoms with E-state index in [1.54, 1.807) is 25.7 Å². The van der Waals surface area contributed by atoms with Gasteiger partial charge in [0.1, 0.15) is 4.75 Å². The van der Waals surface area contributed by atoms with Crippen LogP contribution < -0.4 is 4.89 Å². The smallest absolute Gasteiger partial charge is 0.139 e. The van der Waals surface area contributed by atoms with Gasteiger partial charge in [-0.15, -0.1) is 0 Å². The molecule has 4 heteroatoms. The molecule has 0 aliphatic carbocycles. The van der Waals surface area contributed by atoms with Crippen LogP contribution in [0.25, 0.3) is 0 Å². The summed E-state index contributed by atoms with van der Waals surface area (Å²) in [4.78, 5) is 1.68. The van der Waals surface area contributed by atoms with Gasteiger partial charge in [0.2, 0.25) is 0 Å². The lowest BCUT2D eigenvalue weighted by Gasteiger charge is -2.20. The first-order valence-electron chi connectivity index (χ1n) is 2.30. The van der Waals surface area contributed by atoms with E-state index in [1.165, 1.54) is 0 Å². The van der Waals surface area contributed by atoms with Gasteiger partial charge >= 0.3 is 0 Å². The molecule has 1 unspecified atom stereocenters. The van der Waals surface area contributed by atoms with Gasteiger partial charge in [-0.3, -0.25) is 5.21 Å². The van der Waals surface area contributed by atoms with Crippen molar-refractivity contribution in [2.75, 3.05) is 0 Å². The highest BCUT2D eigenvalue weighted by atomic mass is 32.2. The lowest BCUT2D eigenvalue weighted by Crippen LogP contribution is -2.37. The average molecular weight is 137 g/mol. The zero-order chi connectivity index (χ0) is 6.78. The number of hydrogen-bond donors (Lipinski definition) is 2. The first-order valence-corrected chi connectivity index (χ1v) is 3.45. The van der Waals surface area contributed by atoms with E-state index < -0.39 is 11.4 Å². The van der Waals surface area contributed by atoms with E-state index in [2.05, 4.69) is 0 Å². The molecular formula is C4H11NO2S. The van der Waals surface area contributed by atoms with E-state index in [4.69, 9.17) is 5.21 Å². The standard InChI is InChI=1S/C4H11NO2S/c1-4(2,3)8(7)5-6/h5-6H,1-3H3. The molecule has 0 radical (unpaired) electrons. The SMILES string of the molecule is CC(C)(C)[S+]([O-])NO. The predicted octanol–water partition coefficient (Wildman–Crippen LogP) is 0.427. The molecule has 3 nitrogen and oxygen atoms in total. The molecule has 0 bridgehead atoms. The Morgan fingerprint density at radius 3 is 1.88 bits per heavy atom. The van der Waals surface area contributed by atoms with Crippen LogP contribution >= 0.6 is 0 Å². The van der Waals surface area contributed by atoms with Crippen LogP contribution in [0, 0.1) is 0 Å². The molecule has 0 aliphatic heterocycles. The van der Waals surface area contributed by atoms with Crippen molar-refractivity contribution in [2.24, 2.45) is 0 Å². The Labute approximate surface area is 52.4 Å². The van der Waals surface area contributed by atoms with E-state index in [0.717, 1.165) is 0 Å². The Kier molecular flexibility index (Phi) is 2.76.